The van der Waals surface area contributed by atoms with Crippen molar-refractivity contribution in [3.8, 4) is 11.1 Å². The summed E-state index contributed by atoms with van der Waals surface area (Å²) >= 11 is 0. The van der Waals surface area contributed by atoms with Crippen molar-refractivity contribution in [3.05, 3.63) is 59.7 Å². The van der Waals surface area contributed by atoms with Crippen LogP contribution in [0.15, 0.2) is 48.5 Å². The molecule has 114 valence electrons. The molecule has 1 fully saturated rings. The minimum absolute atomic E-state index is 0.244. The van der Waals surface area contributed by atoms with Gasteiger partial charge < -0.3 is 11.1 Å². The summed E-state index contributed by atoms with van der Waals surface area (Å²) in [5.41, 5.74) is 9.89. The van der Waals surface area contributed by atoms with E-state index < -0.39 is 5.54 Å². The van der Waals surface area contributed by atoms with Crippen LogP contribution >= 0.6 is 0 Å². The first kappa shape index (κ1) is 14.8. The number of amides is 1. The Hall–Kier alpha value is -2.13. The van der Waals surface area contributed by atoms with E-state index in [0.29, 0.717) is 6.42 Å². The van der Waals surface area contributed by atoms with Gasteiger partial charge in [-0.15, -0.1) is 0 Å². The molecule has 3 heteroatoms. The van der Waals surface area contributed by atoms with Crippen molar-refractivity contribution in [3.63, 3.8) is 0 Å². The molecule has 3 rings (SSSR count). The summed E-state index contributed by atoms with van der Waals surface area (Å²) in [4.78, 5) is 11.9. The predicted octanol–water partition coefficient (Wildman–Crippen LogP) is 2.81. The van der Waals surface area contributed by atoms with Crippen LogP contribution in [-0.4, -0.2) is 18.0 Å². The third kappa shape index (κ3) is 2.77. The second-order valence-corrected chi connectivity index (χ2v) is 6.17. The van der Waals surface area contributed by atoms with Gasteiger partial charge in [-0.3, -0.25) is 4.79 Å². The maximum absolute atomic E-state index is 11.9. The molecule has 1 saturated heterocycles. The number of hydrogen-bond donors (Lipinski definition) is 2. The Morgan fingerprint density at radius 1 is 1.23 bits per heavy atom. The Labute approximate surface area is 131 Å². The van der Waals surface area contributed by atoms with Crippen molar-refractivity contribution >= 4 is 5.91 Å². The maximum Gasteiger partial charge on any atom is 0.238 e. The monoisotopic (exact) mass is 294 g/mol. The normalized spacial score (nSPS) is 21.0. The summed E-state index contributed by atoms with van der Waals surface area (Å²) in [6.07, 6.45) is 2.47. The molecule has 1 amide bonds. The Bertz CT molecular complexity index is 687. The predicted molar refractivity (Wildman–Crippen MR) is 89.5 cm³/mol. The summed E-state index contributed by atoms with van der Waals surface area (Å²) < 4.78 is 0. The minimum atomic E-state index is -0.579. The maximum atomic E-state index is 11.9. The van der Waals surface area contributed by atoms with E-state index in [2.05, 4.69) is 54.7 Å². The molecule has 1 aliphatic heterocycles. The fraction of sp³-hybridized carbons (Fsp3) is 0.316. The highest BCUT2D eigenvalue weighted by Gasteiger charge is 2.39. The average molecular weight is 294 g/mol. The lowest BCUT2D eigenvalue weighted by molar-refractivity contribution is -0.123. The zero-order valence-corrected chi connectivity index (χ0v) is 12.9. The Balaban J connectivity index is 1.92. The molecule has 3 N–H and O–H groups in total. The first-order valence-corrected chi connectivity index (χ1v) is 7.81. The van der Waals surface area contributed by atoms with Gasteiger partial charge in [-0.05, 0) is 55.0 Å². The van der Waals surface area contributed by atoms with E-state index in [1.165, 1.54) is 16.7 Å². The number of benzene rings is 2. The number of hydrogen-bond acceptors (Lipinski definition) is 2. The van der Waals surface area contributed by atoms with Crippen molar-refractivity contribution in [2.45, 2.75) is 31.7 Å². The lowest BCUT2D eigenvalue weighted by atomic mass is 9.87. The van der Waals surface area contributed by atoms with Gasteiger partial charge in [0.15, 0.2) is 0 Å². The van der Waals surface area contributed by atoms with Gasteiger partial charge in [-0.2, -0.15) is 0 Å². The SMILES string of the molecule is Cc1ccccc1-c1cccc(CC2(C(N)=O)CCCN2)c1. The van der Waals surface area contributed by atoms with Gasteiger partial charge in [0.25, 0.3) is 0 Å². The summed E-state index contributed by atoms with van der Waals surface area (Å²) in [7, 11) is 0. The molecule has 0 bridgehead atoms. The van der Waals surface area contributed by atoms with Gasteiger partial charge in [-0.1, -0.05) is 48.5 Å². The van der Waals surface area contributed by atoms with Gasteiger partial charge >= 0.3 is 0 Å². The fourth-order valence-corrected chi connectivity index (χ4v) is 3.35. The number of carbonyl (C=O) groups is 1. The average Bonchev–Trinajstić information content (AvgIpc) is 2.98. The van der Waals surface area contributed by atoms with E-state index in [9.17, 15) is 4.79 Å². The molecular formula is C19H22N2O. The van der Waals surface area contributed by atoms with Crippen LogP contribution in [0, 0.1) is 6.92 Å². The van der Waals surface area contributed by atoms with Crippen molar-refractivity contribution in [2.75, 3.05) is 6.54 Å². The molecule has 1 aliphatic rings. The third-order valence-corrected chi connectivity index (χ3v) is 4.60. The second-order valence-electron chi connectivity index (χ2n) is 6.17. The molecule has 2 aromatic carbocycles. The van der Waals surface area contributed by atoms with Crippen LogP contribution < -0.4 is 11.1 Å². The number of nitrogens with one attached hydrogen (secondary N) is 1. The van der Waals surface area contributed by atoms with Gasteiger partial charge in [0.05, 0.1) is 0 Å². The Kier molecular flexibility index (Phi) is 3.99. The largest absolute Gasteiger partial charge is 0.368 e. The number of primary amides is 1. The molecule has 0 radical (unpaired) electrons. The highest BCUT2D eigenvalue weighted by atomic mass is 16.1. The number of rotatable bonds is 4. The van der Waals surface area contributed by atoms with Crippen LogP contribution in [0.3, 0.4) is 0 Å². The highest BCUT2D eigenvalue weighted by Crippen LogP contribution is 2.28. The molecule has 0 aliphatic carbocycles. The molecule has 0 spiro atoms. The van der Waals surface area contributed by atoms with Crippen molar-refractivity contribution in [1.82, 2.24) is 5.32 Å². The highest BCUT2D eigenvalue weighted by molar-refractivity contribution is 5.85. The Morgan fingerprint density at radius 3 is 2.73 bits per heavy atom. The van der Waals surface area contributed by atoms with Crippen LogP contribution in [0.25, 0.3) is 11.1 Å². The smallest absolute Gasteiger partial charge is 0.238 e. The van der Waals surface area contributed by atoms with Gasteiger partial charge in [0.2, 0.25) is 5.91 Å². The lowest BCUT2D eigenvalue weighted by Crippen LogP contribution is -2.53. The fourth-order valence-electron chi connectivity index (χ4n) is 3.35. The molecule has 1 unspecified atom stereocenters. The first-order valence-electron chi connectivity index (χ1n) is 7.81. The quantitative estimate of drug-likeness (QED) is 0.911. The van der Waals surface area contributed by atoms with Crippen LogP contribution in [0.1, 0.15) is 24.0 Å². The molecule has 1 heterocycles. The Morgan fingerprint density at radius 2 is 2.05 bits per heavy atom. The van der Waals surface area contributed by atoms with E-state index in [1.54, 1.807) is 0 Å². The number of nitrogens with two attached hydrogens (primary N) is 1. The van der Waals surface area contributed by atoms with E-state index in [-0.39, 0.29) is 5.91 Å². The van der Waals surface area contributed by atoms with Crippen LogP contribution in [0.2, 0.25) is 0 Å². The number of carbonyl (C=O) groups excluding carboxylic acids is 1. The van der Waals surface area contributed by atoms with E-state index in [4.69, 9.17) is 5.73 Å². The molecule has 22 heavy (non-hydrogen) atoms. The number of aryl methyl sites for hydroxylation is 1. The van der Waals surface area contributed by atoms with E-state index >= 15 is 0 Å². The zero-order valence-electron chi connectivity index (χ0n) is 12.9. The van der Waals surface area contributed by atoms with E-state index in [0.717, 1.165) is 24.9 Å². The topological polar surface area (TPSA) is 55.1 Å². The lowest BCUT2D eigenvalue weighted by Gasteiger charge is -2.26. The van der Waals surface area contributed by atoms with Gasteiger partial charge in [0.1, 0.15) is 5.54 Å². The molecule has 2 aromatic rings. The van der Waals surface area contributed by atoms with Crippen molar-refractivity contribution in [1.29, 1.82) is 0 Å². The summed E-state index contributed by atoms with van der Waals surface area (Å²) in [6, 6.07) is 16.8. The van der Waals surface area contributed by atoms with Crippen LogP contribution in [0.5, 0.6) is 0 Å². The van der Waals surface area contributed by atoms with Gasteiger partial charge in [-0.25, -0.2) is 0 Å². The molecule has 3 nitrogen and oxygen atoms in total. The second kappa shape index (κ2) is 5.93. The van der Waals surface area contributed by atoms with Crippen molar-refractivity contribution in [2.24, 2.45) is 5.73 Å². The van der Waals surface area contributed by atoms with Gasteiger partial charge in [0, 0.05) is 0 Å². The summed E-state index contributed by atoms with van der Waals surface area (Å²) in [5, 5.41) is 3.31. The zero-order chi connectivity index (χ0) is 15.6. The molecular weight excluding hydrogens is 272 g/mol. The summed E-state index contributed by atoms with van der Waals surface area (Å²) in [5.74, 6) is -0.244. The van der Waals surface area contributed by atoms with Crippen LogP contribution in [-0.2, 0) is 11.2 Å². The van der Waals surface area contributed by atoms with Crippen LogP contribution in [0.4, 0.5) is 0 Å². The molecule has 1 atom stereocenters. The first-order chi connectivity index (χ1) is 10.6. The minimum Gasteiger partial charge on any atom is -0.368 e. The van der Waals surface area contributed by atoms with E-state index in [1.807, 2.05) is 6.07 Å². The van der Waals surface area contributed by atoms with Crippen molar-refractivity contribution < 1.29 is 4.79 Å². The molecule has 0 saturated carbocycles. The standard InChI is InChI=1S/C19H22N2O/c1-14-6-2-3-9-17(14)16-8-4-7-15(12-16)13-19(18(20)22)10-5-11-21-19/h2-4,6-9,12,21H,5,10-11,13H2,1H3,(H2,20,22). The third-order valence-electron chi connectivity index (χ3n) is 4.60. The molecule has 0 aromatic heterocycles. The summed E-state index contributed by atoms with van der Waals surface area (Å²) in [6.45, 7) is 2.98.